The fraction of sp³-hybridized carbons (Fsp3) is 0.154. The zero-order chi connectivity index (χ0) is 15.3. The lowest BCUT2D eigenvalue weighted by molar-refractivity contribution is 0.396. The molecule has 0 bridgehead atoms. The highest BCUT2D eigenvalue weighted by Gasteiger charge is 2.06. The average Bonchev–Trinajstić information content (AvgIpc) is 2.41. The molecule has 0 amide bonds. The van der Waals surface area contributed by atoms with Gasteiger partial charge in [0.25, 0.3) is 6.02 Å². The van der Waals surface area contributed by atoms with Crippen LogP contribution in [0.4, 0.5) is 5.69 Å². The van der Waals surface area contributed by atoms with Crippen molar-refractivity contribution < 1.29 is 4.74 Å². The molecule has 0 aliphatic heterocycles. The van der Waals surface area contributed by atoms with Crippen LogP contribution in [0.15, 0.2) is 46.2 Å². The van der Waals surface area contributed by atoms with Gasteiger partial charge in [0.05, 0.1) is 17.2 Å². The Bertz CT molecular complexity index is 582. The van der Waals surface area contributed by atoms with Crippen LogP contribution in [0.1, 0.15) is 6.92 Å². The Labute approximate surface area is 132 Å². The summed E-state index contributed by atoms with van der Waals surface area (Å²) in [5, 5.41) is 4.15. The Kier molecular flexibility index (Phi) is 6.20. The molecule has 0 saturated heterocycles. The van der Waals surface area contributed by atoms with Crippen LogP contribution in [0.3, 0.4) is 0 Å². The molecule has 0 radical (unpaired) electrons. The van der Waals surface area contributed by atoms with Crippen molar-refractivity contribution in [2.45, 2.75) is 6.92 Å². The summed E-state index contributed by atoms with van der Waals surface area (Å²) in [6.07, 6.45) is 0. The summed E-state index contributed by atoms with van der Waals surface area (Å²) in [4.78, 5) is 3.86. The quantitative estimate of drug-likeness (QED) is 0.372. The number of hydrogen-bond acceptors (Lipinski definition) is 3. The number of allylic oxidation sites excluding steroid dienone is 1. The molecule has 0 heterocycles. The molecule has 0 aliphatic rings. The third-order valence-corrected chi connectivity index (χ3v) is 3.50. The Morgan fingerprint density at radius 3 is 2.55 bits per heavy atom. The lowest BCUT2D eigenvalue weighted by atomic mass is 10.2. The molecule has 1 aromatic rings. The Morgan fingerprint density at radius 1 is 1.35 bits per heavy atom. The molecular formula is C13H14Cl3N3O. The SMILES string of the molecule is C=C(Nc1ccc(Cl)c(Cl)c1)/C(C)=C(/Cl)N=C(N)OC. The minimum absolute atomic E-state index is 0.0308. The number of nitrogens with one attached hydrogen (secondary N) is 1. The number of hydrogen-bond donors (Lipinski definition) is 2. The van der Waals surface area contributed by atoms with Gasteiger partial charge in [0.2, 0.25) is 0 Å². The van der Waals surface area contributed by atoms with Crippen LogP contribution in [0.5, 0.6) is 0 Å². The fourth-order valence-electron chi connectivity index (χ4n) is 1.19. The third kappa shape index (κ3) is 4.63. The standard InChI is InChI=1S/C13H14Cl3N3O/c1-7(12(16)19-13(17)20-3)8(2)18-9-4-5-10(14)11(15)6-9/h4-6,18H,2H2,1,3H3,(H2,17,19)/b12-7-. The van der Waals surface area contributed by atoms with Gasteiger partial charge in [-0.15, -0.1) is 0 Å². The first-order valence-corrected chi connectivity index (χ1v) is 6.64. The number of halogens is 3. The molecule has 0 fully saturated rings. The summed E-state index contributed by atoms with van der Waals surface area (Å²) in [7, 11) is 1.40. The fourth-order valence-corrected chi connectivity index (χ4v) is 1.69. The van der Waals surface area contributed by atoms with Gasteiger partial charge in [-0.05, 0) is 25.1 Å². The molecule has 0 saturated carbocycles. The van der Waals surface area contributed by atoms with Gasteiger partial charge in [0.15, 0.2) is 0 Å². The maximum absolute atomic E-state index is 6.01. The number of amidine groups is 1. The van der Waals surface area contributed by atoms with Gasteiger partial charge in [0, 0.05) is 17.0 Å². The minimum Gasteiger partial charge on any atom is -0.468 e. The normalized spacial score (nSPS) is 12.8. The molecule has 1 aromatic carbocycles. The molecule has 0 spiro atoms. The van der Waals surface area contributed by atoms with Crippen LogP contribution in [0.2, 0.25) is 10.0 Å². The van der Waals surface area contributed by atoms with E-state index in [4.69, 9.17) is 45.3 Å². The van der Waals surface area contributed by atoms with E-state index in [9.17, 15) is 0 Å². The molecule has 4 nitrogen and oxygen atoms in total. The molecule has 0 aromatic heterocycles. The lowest BCUT2D eigenvalue weighted by Gasteiger charge is -2.11. The van der Waals surface area contributed by atoms with Crippen molar-refractivity contribution in [2.75, 3.05) is 12.4 Å². The van der Waals surface area contributed by atoms with Crippen LogP contribution in [-0.4, -0.2) is 13.1 Å². The monoisotopic (exact) mass is 333 g/mol. The van der Waals surface area contributed by atoms with Crippen molar-refractivity contribution in [3.05, 3.63) is 51.2 Å². The van der Waals surface area contributed by atoms with Gasteiger partial charge in [0.1, 0.15) is 5.16 Å². The Balaban J connectivity index is 2.90. The van der Waals surface area contributed by atoms with Crippen LogP contribution < -0.4 is 11.1 Å². The van der Waals surface area contributed by atoms with E-state index in [1.165, 1.54) is 7.11 Å². The number of nitrogens with zero attached hydrogens (tertiary/aromatic N) is 1. The molecule has 0 aliphatic carbocycles. The first-order valence-electron chi connectivity index (χ1n) is 5.51. The molecule has 7 heteroatoms. The van der Waals surface area contributed by atoms with Gasteiger partial charge in [-0.3, -0.25) is 0 Å². The summed E-state index contributed by atoms with van der Waals surface area (Å²) in [6.45, 7) is 5.63. The molecule has 1 rings (SSSR count). The maximum atomic E-state index is 6.01. The van der Waals surface area contributed by atoms with Gasteiger partial charge in [-0.25, -0.2) is 0 Å². The highest BCUT2D eigenvalue weighted by Crippen LogP contribution is 2.27. The van der Waals surface area contributed by atoms with Crippen LogP contribution >= 0.6 is 34.8 Å². The van der Waals surface area contributed by atoms with Crippen molar-refractivity contribution in [3.8, 4) is 0 Å². The molecule has 20 heavy (non-hydrogen) atoms. The predicted molar refractivity (Wildman–Crippen MR) is 86.4 cm³/mol. The van der Waals surface area contributed by atoms with Crippen molar-refractivity contribution in [2.24, 2.45) is 10.7 Å². The van der Waals surface area contributed by atoms with Crippen LogP contribution in [0.25, 0.3) is 0 Å². The van der Waals surface area contributed by atoms with E-state index < -0.39 is 0 Å². The molecule has 3 N–H and O–H groups in total. The number of methoxy groups -OCH3 is 1. The summed E-state index contributed by atoms with van der Waals surface area (Å²) in [6, 6.07) is 5.11. The average molecular weight is 335 g/mol. The second kappa shape index (κ2) is 7.43. The zero-order valence-corrected chi connectivity index (χ0v) is 13.3. The van der Waals surface area contributed by atoms with E-state index in [0.717, 1.165) is 5.69 Å². The molecule has 0 unspecified atom stereocenters. The van der Waals surface area contributed by atoms with Gasteiger partial charge < -0.3 is 15.8 Å². The molecule has 108 valence electrons. The van der Waals surface area contributed by atoms with Crippen molar-refractivity contribution >= 4 is 46.5 Å². The maximum Gasteiger partial charge on any atom is 0.287 e. The van der Waals surface area contributed by atoms with Crippen LogP contribution in [-0.2, 0) is 4.74 Å². The second-order valence-electron chi connectivity index (χ2n) is 3.80. The van der Waals surface area contributed by atoms with Crippen molar-refractivity contribution in [3.63, 3.8) is 0 Å². The smallest absolute Gasteiger partial charge is 0.287 e. The summed E-state index contributed by atoms with van der Waals surface area (Å²) in [5.74, 6) is 0. The molecular weight excluding hydrogens is 321 g/mol. The number of nitrogens with two attached hydrogens (primary N) is 1. The lowest BCUT2D eigenvalue weighted by Crippen LogP contribution is -2.13. The van der Waals surface area contributed by atoms with Crippen molar-refractivity contribution in [1.82, 2.24) is 0 Å². The minimum atomic E-state index is -0.0308. The van der Waals surface area contributed by atoms with E-state index >= 15 is 0 Å². The van der Waals surface area contributed by atoms with E-state index in [1.807, 2.05) is 0 Å². The topological polar surface area (TPSA) is 59.6 Å². The van der Waals surface area contributed by atoms with Gasteiger partial charge in [-0.2, -0.15) is 4.99 Å². The second-order valence-corrected chi connectivity index (χ2v) is 4.97. The summed E-state index contributed by atoms with van der Waals surface area (Å²) < 4.78 is 4.72. The number of ether oxygens (including phenoxy) is 1. The Morgan fingerprint density at radius 2 is 2.00 bits per heavy atom. The third-order valence-electron chi connectivity index (χ3n) is 2.39. The highest BCUT2D eigenvalue weighted by atomic mass is 35.5. The number of anilines is 1. The van der Waals surface area contributed by atoms with Crippen LogP contribution in [0, 0.1) is 0 Å². The Hall–Kier alpha value is -1.36. The van der Waals surface area contributed by atoms with E-state index in [1.54, 1.807) is 25.1 Å². The van der Waals surface area contributed by atoms with Crippen molar-refractivity contribution in [1.29, 1.82) is 0 Å². The van der Waals surface area contributed by atoms with Gasteiger partial charge in [-0.1, -0.05) is 41.4 Å². The summed E-state index contributed by atoms with van der Waals surface area (Å²) >= 11 is 17.8. The first-order chi connectivity index (χ1) is 9.35. The highest BCUT2D eigenvalue weighted by molar-refractivity contribution is 6.42. The predicted octanol–water partition coefficient (Wildman–Crippen LogP) is 4.35. The largest absolute Gasteiger partial charge is 0.468 e. The van der Waals surface area contributed by atoms with E-state index in [2.05, 4.69) is 16.9 Å². The van der Waals surface area contributed by atoms with E-state index in [0.29, 0.717) is 21.3 Å². The number of benzene rings is 1. The first kappa shape index (κ1) is 16.7. The van der Waals surface area contributed by atoms with E-state index in [-0.39, 0.29) is 11.2 Å². The summed E-state index contributed by atoms with van der Waals surface area (Å²) in [5.41, 5.74) is 7.34. The molecule has 0 atom stereocenters. The zero-order valence-electron chi connectivity index (χ0n) is 11.0. The number of rotatable bonds is 4. The van der Waals surface area contributed by atoms with Gasteiger partial charge >= 0.3 is 0 Å². The number of aliphatic imine (C=N–C) groups is 1.